The Morgan fingerprint density at radius 2 is 1.70 bits per heavy atom. The molecule has 12 heteroatoms. The minimum absolute atomic E-state index is 0.0288. The highest BCUT2D eigenvalue weighted by atomic mass is 79.9. The van der Waals surface area contributed by atoms with E-state index in [4.69, 9.17) is 41.9 Å². The summed E-state index contributed by atoms with van der Waals surface area (Å²) in [7, 11) is 0. The number of nitrogens with zero attached hydrogens (tertiary/aromatic N) is 2. The number of aryl methyl sites for hydroxylation is 1. The minimum Gasteiger partial charge on any atom is -0.490 e. The highest BCUT2D eigenvalue weighted by molar-refractivity contribution is 9.10. The van der Waals surface area contributed by atoms with Crippen LogP contribution >= 0.6 is 39.1 Å². The van der Waals surface area contributed by atoms with Crippen molar-refractivity contribution in [2.45, 2.75) is 64.9 Å². The van der Waals surface area contributed by atoms with E-state index in [0.29, 0.717) is 66.4 Å². The van der Waals surface area contributed by atoms with Gasteiger partial charge in [-0.25, -0.2) is 4.79 Å². The zero-order valence-corrected chi connectivity index (χ0v) is 32.0. The second-order valence-electron chi connectivity index (χ2n) is 13.4. The molecule has 2 atom stereocenters. The Hall–Kier alpha value is -3.73. The smallest absolute Gasteiger partial charge is 0.410 e. The molecule has 3 aromatic carbocycles. The maximum absolute atomic E-state index is 13.2. The standard InChI is InChI=1S/C38H42BrCl2N3O6/c1-23-20-31(40)36(32(41)21-23)48-19-18-47-27-12-10-26(11-13-27)28-15-17-44(37(46)49-38(3,4)5)22-30(28)34-33(39)35(50-43-34)29-9-7-6-8-25(29)14-16-42-24(2)45/h6-13,20-21,28,30H,14-19,22H2,1-5H3,(H,42,45)/t28-,30+/m1/s1. The zero-order valence-electron chi connectivity index (χ0n) is 28.9. The van der Waals surface area contributed by atoms with Gasteiger partial charge in [0.05, 0.1) is 14.5 Å². The van der Waals surface area contributed by atoms with E-state index in [2.05, 4.69) is 38.5 Å². The molecule has 1 aromatic heterocycles. The van der Waals surface area contributed by atoms with Crippen LogP contribution in [0.2, 0.25) is 10.0 Å². The van der Waals surface area contributed by atoms with Crippen LogP contribution in [0.25, 0.3) is 11.3 Å². The normalized spacial score (nSPS) is 16.2. The van der Waals surface area contributed by atoms with E-state index in [0.717, 1.165) is 32.4 Å². The molecule has 1 aliphatic heterocycles. The zero-order chi connectivity index (χ0) is 36.0. The Bertz CT molecular complexity index is 1780. The molecule has 0 aliphatic carbocycles. The first-order chi connectivity index (χ1) is 23.8. The Labute approximate surface area is 311 Å². The van der Waals surface area contributed by atoms with Crippen molar-refractivity contribution < 1.29 is 28.3 Å². The summed E-state index contributed by atoms with van der Waals surface area (Å²) >= 11 is 16.4. The number of rotatable bonds is 11. The molecular weight excluding hydrogens is 745 g/mol. The predicted octanol–water partition coefficient (Wildman–Crippen LogP) is 9.36. The average molecular weight is 788 g/mol. The summed E-state index contributed by atoms with van der Waals surface area (Å²) in [6.07, 6.45) is 0.964. The van der Waals surface area contributed by atoms with E-state index in [-0.39, 0.29) is 30.4 Å². The molecular formula is C38H42BrCl2N3O6. The van der Waals surface area contributed by atoms with Crippen LogP contribution in [0.3, 0.4) is 0 Å². The van der Waals surface area contributed by atoms with Gasteiger partial charge in [0.25, 0.3) is 0 Å². The largest absolute Gasteiger partial charge is 0.490 e. The van der Waals surface area contributed by atoms with Crippen LogP contribution in [0.15, 0.2) is 69.7 Å². The lowest BCUT2D eigenvalue weighted by Gasteiger charge is -2.38. The Morgan fingerprint density at radius 1 is 1.02 bits per heavy atom. The molecule has 2 heterocycles. The summed E-state index contributed by atoms with van der Waals surface area (Å²) in [5, 5.41) is 8.37. The summed E-state index contributed by atoms with van der Waals surface area (Å²) in [5.74, 6) is 1.50. The van der Waals surface area contributed by atoms with Gasteiger partial charge >= 0.3 is 6.09 Å². The molecule has 2 amide bonds. The molecule has 0 saturated carbocycles. The van der Waals surface area contributed by atoms with E-state index in [9.17, 15) is 9.59 Å². The fourth-order valence-corrected chi connectivity index (χ4v) is 7.44. The van der Waals surface area contributed by atoms with Crippen molar-refractivity contribution in [3.05, 3.63) is 97.6 Å². The fourth-order valence-electron chi connectivity index (χ4n) is 6.08. The van der Waals surface area contributed by atoms with Crippen LogP contribution in [-0.2, 0) is 16.0 Å². The molecule has 0 radical (unpaired) electrons. The minimum atomic E-state index is -0.619. The summed E-state index contributed by atoms with van der Waals surface area (Å²) in [6.45, 7) is 11.0. The van der Waals surface area contributed by atoms with E-state index >= 15 is 0 Å². The van der Waals surface area contributed by atoms with Gasteiger partial charge in [0.1, 0.15) is 30.3 Å². The van der Waals surface area contributed by atoms with Gasteiger partial charge in [0.15, 0.2) is 11.5 Å². The molecule has 0 bridgehead atoms. The molecule has 266 valence electrons. The third-order valence-corrected chi connectivity index (χ3v) is 9.68. The van der Waals surface area contributed by atoms with Crippen molar-refractivity contribution in [1.29, 1.82) is 0 Å². The second kappa shape index (κ2) is 16.5. The summed E-state index contributed by atoms with van der Waals surface area (Å²) in [5.41, 5.74) is 4.06. The summed E-state index contributed by atoms with van der Waals surface area (Å²) in [6, 6.07) is 19.5. The van der Waals surface area contributed by atoms with Crippen molar-refractivity contribution in [1.82, 2.24) is 15.4 Å². The van der Waals surface area contributed by atoms with Gasteiger partial charge in [-0.05, 0) is 103 Å². The number of amides is 2. The molecule has 9 nitrogen and oxygen atoms in total. The maximum Gasteiger partial charge on any atom is 0.410 e. The van der Waals surface area contributed by atoms with Gasteiger partial charge in [0, 0.05) is 38.0 Å². The molecule has 1 saturated heterocycles. The van der Waals surface area contributed by atoms with Crippen LogP contribution in [0.5, 0.6) is 11.5 Å². The number of ether oxygens (including phenoxy) is 3. The lowest BCUT2D eigenvalue weighted by molar-refractivity contribution is -0.118. The molecule has 4 aromatic rings. The van der Waals surface area contributed by atoms with Crippen LogP contribution in [0.1, 0.15) is 68.3 Å². The van der Waals surface area contributed by atoms with Crippen LogP contribution in [0, 0.1) is 6.92 Å². The van der Waals surface area contributed by atoms with Crippen LogP contribution in [0.4, 0.5) is 4.79 Å². The molecule has 0 unspecified atom stereocenters. The maximum atomic E-state index is 13.2. The van der Waals surface area contributed by atoms with Gasteiger partial charge in [0.2, 0.25) is 5.91 Å². The van der Waals surface area contributed by atoms with Crippen LogP contribution in [-0.4, -0.2) is 60.5 Å². The van der Waals surface area contributed by atoms with Gasteiger partial charge in [-0.1, -0.05) is 64.8 Å². The molecule has 1 aliphatic rings. The van der Waals surface area contributed by atoms with E-state index in [1.807, 2.05) is 64.1 Å². The lowest BCUT2D eigenvalue weighted by Crippen LogP contribution is -2.44. The van der Waals surface area contributed by atoms with Crippen molar-refractivity contribution in [3.8, 4) is 22.8 Å². The topological polar surface area (TPSA) is 103 Å². The number of carbonyl (C=O) groups excluding carboxylic acids is 2. The lowest BCUT2D eigenvalue weighted by atomic mass is 9.78. The molecule has 5 rings (SSSR count). The highest BCUT2D eigenvalue weighted by Gasteiger charge is 2.38. The number of carbonyl (C=O) groups is 2. The summed E-state index contributed by atoms with van der Waals surface area (Å²) < 4.78 is 24.3. The number of aromatic nitrogens is 1. The average Bonchev–Trinajstić information content (AvgIpc) is 3.44. The van der Waals surface area contributed by atoms with Gasteiger partial charge in [-0.2, -0.15) is 0 Å². The SMILES string of the molecule is CC(=O)NCCc1ccccc1-c1onc([C@H]2CN(C(=O)OC(C)(C)C)CC[C@@H]2c2ccc(OCCOc3c(Cl)cc(C)cc3Cl)cc2)c1Br. The second-order valence-corrected chi connectivity index (χ2v) is 15.0. The molecule has 50 heavy (non-hydrogen) atoms. The first-order valence-corrected chi connectivity index (χ1v) is 18.1. The van der Waals surface area contributed by atoms with E-state index in [1.54, 1.807) is 17.0 Å². The van der Waals surface area contributed by atoms with E-state index in [1.165, 1.54) is 6.92 Å². The Balaban J connectivity index is 1.35. The van der Waals surface area contributed by atoms with Crippen molar-refractivity contribution >= 4 is 51.1 Å². The van der Waals surface area contributed by atoms with Crippen molar-refractivity contribution in [3.63, 3.8) is 0 Å². The number of nitrogens with one attached hydrogen (secondary N) is 1. The van der Waals surface area contributed by atoms with Crippen molar-refractivity contribution in [2.75, 3.05) is 32.8 Å². The van der Waals surface area contributed by atoms with Crippen molar-refractivity contribution in [2.24, 2.45) is 0 Å². The quantitative estimate of drug-likeness (QED) is 0.151. The number of halogens is 3. The fraction of sp³-hybridized carbons (Fsp3) is 0.395. The Morgan fingerprint density at radius 3 is 2.38 bits per heavy atom. The Kier molecular flexibility index (Phi) is 12.4. The van der Waals surface area contributed by atoms with Gasteiger partial charge in [-0.3, -0.25) is 4.79 Å². The van der Waals surface area contributed by atoms with Crippen LogP contribution < -0.4 is 14.8 Å². The number of piperidine rings is 1. The third kappa shape index (κ3) is 9.53. The molecule has 1 fully saturated rings. The van der Waals surface area contributed by atoms with Gasteiger partial charge < -0.3 is 29.0 Å². The molecule has 0 spiro atoms. The first-order valence-electron chi connectivity index (χ1n) is 16.6. The number of likely N-dealkylation sites (tertiary alicyclic amines) is 1. The predicted molar refractivity (Wildman–Crippen MR) is 199 cm³/mol. The first kappa shape index (κ1) is 37.5. The highest BCUT2D eigenvalue weighted by Crippen LogP contribution is 2.45. The molecule has 1 N–H and O–H groups in total. The number of hydrogen-bond donors (Lipinski definition) is 1. The summed E-state index contributed by atoms with van der Waals surface area (Å²) in [4.78, 5) is 26.4. The monoisotopic (exact) mass is 785 g/mol. The van der Waals surface area contributed by atoms with E-state index < -0.39 is 5.60 Å². The number of hydrogen-bond acceptors (Lipinski definition) is 7. The third-order valence-electron chi connectivity index (χ3n) is 8.35. The number of benzene rings is 3. The van der Waals surface area contributed by atoms with Gasteiger partial charge in [-0.15, -0.1) is 0 Å².